The van der Waals surface area contributed by atoms with Crippen molar-refractivity contribution in [3.05, 3.63) is 28.8 Å². The second kappa shape index (κ2) is 3.64. The van der Waals surface area contributed by atoms with Crippen LogP contribution in [0.5, 0.6) is 0 Å². The van der Waals surface area contributed by atoms with Crippen LogP contribution in [0, 0.1) is 13.8 Å². The quantitative estimate of drug-likeness (QED) is 0.713. The highest BCUT2D eigenvalue weighted by Gasteiger charge is 2.16. The van der Waals surface area contributed by atoms with E-state index in [-0.39, 0.29) is 0 Å². The van der Waals surface area contributed by atoms with Gasteiger partial charge < -0.3 is 5.32 Å². The monoisotopic (exact) mass is 189 g/mol. The van der Waals surface area contributed by atoms with Gasteiger partial charge in [0.15, 0.2) is 0 Å². The van der Waals surface area contributed by atoms with Crippen molar-refractivity contribution < 1.29 is 0 Å². The van der Waals surface area contributed by atoms with Gasteiger partial charge in [0.2, 0.25) is 0 Å². The van der Waals surface area contributed by atoms with Crippen molar-refractivity contribution >= 4 is 5.69 Å². The summed E-state index contributed by atoms with van der Waals surface area (Å²) in [6, 6.07) is 5.32. The van der Waals surface area contributed by atoms with Crippen LogP contribution in [0.2, 0.25) is 0 Å². The van der Waals surface area contributed by atoms with Crippen LogP contribution in [0.4, 0.5) is 5.69 Å². The molecule has 1 heteroatoms. The highest BCUT2D eigenvalue weighted by Crippen LogP contribution is 2.28. The lowest BCUT2D eigenvalue weighted by molar-refractivity contribution is 0.613. The standard InChI is InChI=1S/C13H19N/c1-4-12-6-5-11-7-9(2)10(3)8-13(11)14-12/h7-8,12,14H,4-6H2,1-3H3. The minimum absolute atomic E-state index is 0.685. The van der Waals surface area contributed by atoms with Gasteiger partial charge in [-0.25, -0.2) is 0 Å². The van der Waals surface area contributed by atoms with Crippen LogP contribution in [-0.4, -0.2) is 6.04 Å². The summed E-state index contributed by atoms with van der Waals surface area (Å²) < 4.78 is 0. The van der Waals surface area contributed by atoms with E-state index >= 15 is 0 Å². The molecule has 0 amide bonds. The fourth-order valence-corrected chi connectivity index (χ4v) is 2.15. The molecular weight excluding hydrogens is 170 g/mol. The van der Waals surface area contributed by atoms with E-state index in [1.165, 1.54) is 41.6 Å². The van der Waals surface area contributed by atoms with Crippen molar-refractivity contribution in [3.63, 3.8) is 0 Å². The molecule has 1 unspecified atom stereocenters. The Morgan fingerprint density at radius 2 is 2.00 bits per heavy atom. The Kier molecular flexibility index (Phi) is 2.49. The highest BCUT2D eigenvalue weighted by atomic mass is 14.9. The zero-order valence-electron chi connectivity index (χ0n) is 9.35. The van der Waals surface area contributed by atoms with Crippen LogP contribution >= 0.6 is 0 Å². The SMILES string of the molecule is CCC1CCc2cc(C)c(C)cc2N1. The molecule has 1 N–H and O–H groups in total. The number of rotatable bonds is 1. The summed E-state index contributed by atoms with van der Waals surface area (Å²) in [6.45, 7) is 6.64. The average Bonchev–Trinajstić information content (AvgIpc) is 2.19. The number of anilines is 1. The number of fused-ring (bicyclic) bond motifs is 1. The van der Waals surface area contributed by atoms with Gasteiger partial charge >= 0.3 is 0 Å². The Bertz CT molecular complexity index is 341. The predicted molar refractivity (Wildman–Crippen MR) is 61.9 cm³/mol. The van der Waals surface area contributed by atoms with E-state index in [9.17, 15) is 0 Å². The molecule has 0 aliphatic carbocycles. The number of benzene rings is 1. The summed E-state index contributed by atoms with van der Waals surface area (Å²) in [6.07, 6.45) is 3.75. The molecule has 14 heavy (non-hydrogen) atoms. The van der Waals surface area contributed by atoms with Gasteiger partial charge in [0.25, 0.3) is 0 Å². The van der Waals surface area contributed by atoms with Crippen LogP contribution in [0.3, 0.4) is 0 Å². The summed E-state index contributed by atoms with van der Waals surface area (Å²) in [7, 11) is 0. The van der Waals surface area contributed by atoms with E-state index < -0.39 is 0 Å². The molecule has 0 fully saturated rings. The third kappa shape index (κ3) is 1.63. The predicted octanol–water partition coefficient (Wildman–Crippen LogP) is 3.44. The third-order valence-electron chi connectivity index (χ3n) is 3.33. The molecule has 0 saturated carbocycles. The molecule has 1 aliphatic rings. The lowest BCUT2D eigenvalue weighted by atomic mass is 9.93. The second-order valence-electron chi connectivity index (χ2n) is 4.38. The summed E-state index contributed by atoms with van der Waals surface area (Å²) in [5, 5.41) is 3.61. The maximum Gasteiger partial charge on any atom is 0.0377 e. The first-order valence-electron chi connectivity index (χ1n) is 5.57. The van der Waals surface area contributed by atoms with Crippen molar-refractivity contribution in [1.29, 1.82) is 0 Å². The minimum atomic E-state index is 0.685. The molecule has 0 spiro atoms. The largest absolute Gasteiger partial charge is 0.382 e. The summed E-state index contributed by atoms with van der Waals surface area (Å²) in [4.78, 5) is 0. The Balaban J connectivity index is 2.33. The van der Waals surface area contributed by atoms with Crippen molar-refractivity contribution in [2.45, 2.75) is 46.1 Å². The Labute approximate surface area is 86.5 Å². The molecule has 0 bridgehead atoms. The van der Waals surface area contributed by atoms with E-state index in [1.807, 2.05) is 0 Å². The fourth-order valence-electron chi connectivity index (χ4n) is 2.15. The van der Waals surface area contributed by atoms with Gasteiger partial charge in [-0.15, -0.1) is 0 Å². The second-order valence-corrected chi connectivity index (χ2v) is 4.38. The molecule has 1 atom stereocenters. The van der Waals surface area contributed by atoms with Gasteiger partial charge in [-0.05, 0) is 55.9 Å². The van der Waals surface area contributed by atoms with Crippen molar-refractivity contribution in [2.24, 2.45) is 0 Å². The van der Waals surface area contributed by atoms with E-state index in [4.69, 9.17) is 0 Å². The highest BCUT2D eigenvalue weighted by molar-refractivity contribution is 5.57. The van der Waals surface area contributed by atoms with Crippen LogP contribution in [0.25, 0.3) is 0 Å². The van der Waals surface area contributed by atoms with E-state index in [0.29, 0.717) is 6.04 Å². The van der Waals surface area contributed by atoms with Gasteiger partial charge in [0.1, 0.15) is 0 Å². The van der Waals surface area contributed by atoms with Crippen molar-refractivity contribution in [3.8, 4) is 0 Å². The smallest absolute Gasteiger partial charge is 0.0377 e. The Morgan fingerprint density at radius 1 is 1.29 bits per heavy atom. The topological polar surface area (TPSA) is 12.0 Å². The van der Waals surface area contributed by atoms with Gasteiger partial charge in [-0.1, -0.05) is 13.0 Å². The molecule has 1 aromatic carbocycles. The molecule has 1 nitrogen and oxygen atoms in total. The van der Waals surface area contributed by atoms with Crippen LogP contribution in [-0.2, 0) is 6.42 Å². The normalized spacial score (nSPS) is 20.1. The zero-order chi connectivity index (χ0) is 10.1. The van der Waals surface area contributed by atoms with Gasteiger partial charge in [0.05, 0.1) is 0 Å². The number of aryl methyl sites for hydroxylation is 3. The van der Waals surface area contributed by atoms with Gasteiger partial charge in [-0.3, -0.25) is 0 Å². The molecule has 1 aliphatic heterocycles. The molecule has 0 aromatic heterocycles. The lowest BCUT2D eigenvalue weighted by Crippen LogP contribution is -2.24. The third-order valence-corrected chi connectivity index (χ3v) is 3.33. The first-order valence-corrected chi connectivity index (χ1v) is 5.57. The fraction of sp³-hybridized carbons (Fsp3) is 0.538. The summed E-state index contributed by atoms with van der Waals surface area (Å²) in [5.41, 5.74) is 5.68. The summed E-state index contributed by atoms with van der Waals surface area (Å²) >= 11 is 0. The first-order chi connectivity index (χ1) is 6.70. The molecule has 0 radical (unpaired) electrons. The number of nitrogens with one attached hydrogen (secondary N) is 1. The summed E-state index contributed by atoms with van der Waals surface area (Å²) in [5.74, 6) is 0. The molecule has 0 saturated heterocycles. The average molecular weight is 189 g/mol. The lowest BCUT2D eigenvalue weighted by Gasteiger charge is -2.27. The molecule has 2 rings (SSSR count). The maximum atomic E-state index is 3.61. The number of hydrogen-bond acceptors (Lipinski definition) is 1. The first kappa shape index (κ1) is 9.57. The molecule has 76 valence electrons. The van der Waals surface area contributed by atoms with E-state index in [2.05, 4.69) is 38.2 Å². The Morgan fingerprint density at radius 3 is 2.71 bits per heavy atom. The van der Waals surface area contributed by atoms with Crippen molar-refractivity contribution in [1.82, 2.24) is 0 Å². The van der Waals surface area contributed by atoms with Crippen LogP contribution < -0.4 is 5.32 Å². The van der Waals surface area contributed by atoms with Crippen molar-refractivity contribution in [2.75, 3.05) is 5.32 Å². The van der Waals surface area contributed by atoms with Gasteiger partial charge in [0, 0.05) is 11.7 Å². The Hall–Kier alpha value is -0.980. The van der Waals surface area contributed by atoms with Crippen LogP contribution in [0.15, 0.2) is 12.1 Å². The maximum absolute atomic E-state index is 3.61. The molecule has 1 aromatic rings. The van der Waals surface area contributed by atoms with E-state index in [1.54, 1.807) is 0 Å². The molecule has 1 heterocycles. The van der Waals surface area contributed by atoms with Crippen LogP contribution in [0.1, 0.15) is 36.5 Å². The molecular formula is C13H19N. The minimum Gasteiger partial charge on any atom is -0.382 e. The van der Waals surface area contributed by atoms with E-state index in [0.717, 1.165) is 0 Å². The zero-order valence-corrected chi connectivity index (χ0v) is 9.35. The van der Waals surface area contributed by atoms with Gasteiger partial charge in [-0.2, -0.15) is 0 Å². The number of hydrogen-bond donors (Lipinski definition) is 1.